The average Bonchev–Trinajstić information content (AvgIpc) is 2.32. The molecule has 0 saturated heterocycles. The molecule has 3 atom stereocenters. The molecule has 2 N–H and O–H groups in total. The third-order valence-electron chi connectivity index (χ3n) is 3.72. The molecule has 0 aliphatic carbocycles. The maximum absolute atomic E-state index is 9.95. The number of hydrogen-bond acceptors (Lipinski definition) is 2. The Bertz CT molecular complexity index is 373. The standard InChI is InChI=1S/C16H26O2/c1-5-6-15(17)16(18)10-13(4)14-8-7-11(2)12(3)9-14/h7-9,13,15-18H,5-6,10H2,1-4H3. The van der Waals surface area contributed by atoms with Crippen LogP contribution in [0, 0.1) is 13.8 Å². The Hall–Kier alpha value is -0.860. The zero-order valence-electron chi connectivity index (χ0n) is 12.0. The molecular weight excluding hydrogens is 224 g/mol. The highest BCUT2D eigenvalue weighted by Gasteiger charge is 2.19. The van der Waals surface area contributed by atoms with Crippen LogP contribution in [0.4, 0.5) is 0 Å². The van der Waals surface area contributed by atoms with Crippen LogP contribution in [0.15, 0.2) is 18.2 Å². The van der Waals surface area contributed by atoms with Crippen LogP contribution in [0.5, 0.6) is 0 Å². The molecule has 2 heteroatoms. The summed E-state index contributed by atoms with van der Waals surface area (Å²) in [5, 5.41) is 19.7. The summed E-state index contributed by atoms with van der Waals surface area (Å²) >= 11 is 0. The first kappa shape index (κ1) is 15.2. The van der Waals surface area contributed by atoms with Crippen molar-refractivity contribution in [1.82, 2.24) is 0 Å². The van der Waals surface area contributed by atoms with E-state index in [-0.39, 0.29) is 5.92 Å². The first-order valence-corrected chi connectivity index (χ1v) is 6.89. The van der Waals surface area contributed by atoms with E-state index in [1.807, 2.05) is 6.92 Å². The molecule has 1 aromatic rings. The summed E-state index contributed by atoms with van der Waals surface area (Å²) in [5.74, 6) is 0.269. The molecule has 0 radical (unpaired) electrons. The molecular formula is C16H26O2. The van der Waals surface area contributed by atoms with Gasteiger partial charge in [0, 0.05) is 0 Å². The number of benzene rings is 1. The summed E-state index contributed by atoms with van der Waals surface area (Å²) in [5.41, 5.74) is 3.81. The molecule has 0 fully saturated rings. The fraction of sp³-hybridized carbons (Fsp3) is 0.625. The van der Waals surface area contributed by atoms with E-state index in [0.29, 0.717) is 12.8 Å². The van der Waals surface area contributed by atoms with Crippen molar-refractivity contribution in [3.63, 3.8) is 0 Å². The zero-order valence-corrected chi connectivity index (χ0v) is 12.0. The Morgan fingerprint density at radius 2 is 1.72 bits per heavy atom. The first-order chi connectivity index (χ1) is 8.45. The highest BCUT2D eigenvalue weighted by Crippen LogP contribution is 2.24. The number of aryl methyl sites for hydroxylation is 2. The topological polar surface area (TPSA) is 40.5 Å². The molecule has 1 aromatic carbocycles. The van der Waals surface area contributed by atoms with Gasteiger partial charge < -0.3 is 10.2 Å². The van der Waals surface area contributed by atoms with Gasteiger partial charge in [-0.1, -0.05) is 38.5 Å². The zero-order chi connectivity index (χ0) is 13.7. The molecule has 0 heterocycles. The second-order valence-electron chi connectivity index (χ2n) is 5.40. The van der Waals surface area contributed by atoms with E-state index in [2.05, 4.69) is 39.0 Å². The van der Waals surface area contributed by atoms with Crippen molar-refractivity contribution < 1.29 is 10.2 Å². The lowest BCUT2D eigenvalue weighted by atomic mass is 9.90. The van der Waals surface area contributed by atoms with E-state index < -0.39 is 12.2 Å². The lowest BCUT2D eigenvalue weighted by Crippen LogP contribution is -2.27. The van der Waals surface area contributed by atoms with Crippen LogP contribution in [0.25, 0.3) is 0 Å². The van der Waals surface area contributed by atoms with Gasteiger partial charge in [0.25, 0.3) is 0 Å². The van der Waals surface area contributed by atoms with Crippen molar-refractivity contribution in [2.24, 2.45) is 0 Å². The monoisotopic (exact) mass is 250 g/mol. The minimum absolute atomic E-state index is 0.269. The molecule has 0 bridgehead atoms. The number of aliphatic hydroxyl groups is 2. The Balaban J connectivity index is 2.64. The van der Waals surface area contributed by atoms with Crippen molar-refractivity contribution in [3.8, 4) is 0 Å². The number of hydrogen-bond donors (Lipinski definition) is 2. The lowest BCUT2D eigenvalue weighted by Gasteiger charge is -2.21. The quantitative estimate of drug-likeness (QED) is 0.813. The Labute approximate surface area is 111 Å². The molecule has 0 aliphatic heterocycles. The molecule has 0 aliphatic rings. The molecule has 0 amide bonds. The van der Waals surface area contributed by atoms with Crippen LogP contribution in [0.1, 0.15) is 55.7 Å². The van der Waals surface area contributed by atoms with Gasteiger partial charge in [-0.05, 0) is 49.3 Å². The van der Waals surface area contributed by atoms with Crippen LogP contribution < -0.4 is 0 Å². The van der Waals surface area contributed by atoms with Gasteiger partial charge in [-0.25, -0.2) is 0 Å². The molecule has 0 saturated carbocycles. The fourth-order valence-electron chi connectivity index (χ4n) is 2.21. The normalized spacial score (nSPS) is 16.3. The van der Waals surface area contributed by atoms with E-state index in [1.54, 1.807) is 0 Å². The first-order valence-electron chi connectivity index (χ1n) is 6.89. The molecule has 0 spiro atoms. The van der Waals surface area contributed by atoms with Gasteiger partial charge >= 0.3 is 0 Å². The second-order valence-corrected chi connectivity index (χ2v) is 5.40. The minimum Gasteiger partial charge on any atom is -0.390 e. The van der Waals surface area contributed by atoms with Crippen LogP contribution in [-0.2, 0) is 0 Å². The van der Waals surface area contributed by atoms with E-state index in [1.165, 1.54) is 16.7 Å². The maximum Gasteiger partial charge on any atom is 0.0804 e. The largest absolute Gasteiger partial charge is 0.390 e. The molecule has 102 valence electrons. The predicted molar refractivity (Wildman–Crippen MR) is 75.9 cm³/mol. The smallest absolute Gasteiger partial charge is 0.0804 e. The lowest BCUT2D eigenvalue weighted by molar-refractivity contribution is 0.00637. The highest BCUT2D eigenvalue weighted by molar-refractivity contribution is 5.31. The van der Waals surface area contributed by atoms with Gasteiger partial charge in [0.2, 0.25) is 0 Å². The van der Waals surface area contributed by atoms with Gasteiger partial charge in [0.1, 0.15) is 0 Å². The summed E-state index contributed by atoms with van der Waals surface area (Å²) in [4.78, 5) is 0. The average molecular weight is 250 g/mol. The van der Waals surface area contributed by atoms with Crippen molar-refractivity contribution >= 4 is 0 Å². The van der Waals surface area contributed by atoms with Crippen LogP contribution in [0.2, 0.25) is 0 Å². The molecule has 18 heavy (non-hydrogen) atoms. The maximum atomic E-state index is 9.95. The molecule has 1 rings (SSSR count). The summed E-state index contributed by atoms with van der Waals surface area (Å²) in [6.45, 7) is 8.33. The third-order valence-corrected chi connectivity index (χ3v) is 3.72. The summed E-state index contributed by atoms with van der Waals surface area (Å²) in [6, 6.07) is 6.42. The van der Waals surface area contributed by atoms with Crippen molar-refractivity contribution in [2.45, 2.75) is 65.1 Å². The van der Waals surface area contributed by atoms with Gasteiger partial charge in [-0.15, -0.1) is 0 Å². The van der Waals surface area contributed by atoms with Gasteiger partial charge in [0.05, 0.1) is 12.2 Å². The van der Waals surface area contributed by atoms with Crippen molar-refractivity contribution in [3.05, 3.63) is 34.9 Å². The number of aliphatic hydroxyl groups excluding tert-OH is 2. The molecule has 3 unspecified atom stereocenters. The van der Waals surface area contributed by atoms with Gasteiger partial charge in [-0.2, -0.15) is 0 Å². The minimum atomic E-state index is -0.624. The number of rotatable bonds is 6. The predicted octanol–water partition coefficient (Wildman–Crippen LogP) is 3.32. The van der Waals surface area contributed by atoms with Gasteiger partial charge in [0.15, 0.2) is 0 Å². The summed E-state index contributed by atoms with van der Waals surface area (Å²) in [7, 11) is 0. The summed E-state index contributed by atoms with van der Waals surface area (Å²) < 4.78 is 0. The second kappa shape index (κ2) is 6.91. The fourth-order valence-corrected chi connectivity index (χ4v) is 2.21. The Kier molecular flexibility index (Phi) is 5.83. The van der Waals surface area contributed by atoms with Crippen LogP contribution in [-0.4, -0.2) is 22.4 Å². The Morgan fingerprint density at radius 1 is 1.06 bits per heavy atom. The highest BCUT2D eigenvalue weighted by atomic mass is 16.3. The summed E-state index contributed by atoms with van der Waals surface area (Å²) in [6.07, 6.45) is 0.964. The van der Waals surface area contributed by atoms with Gasteiger partial charge in [-0.3, -0.25) is 0 Å². The SMILES string of the molecule is CCCC(O)C(O)CC(C)c1ccc(C)c(C)c1. The van der Waals surface area contributed by atoms with Crippen LogP contribution in [0.3, 0.4) is 0 Å². The van der Waals surface area contributed by atoms with E-state index in [0.717, 1.165) is 6.42 Å². The molecule has 0 aromatic heterocycles. The van der Waals surface area contributed by atoms with E-state index in [9.17, 15) is 10.2 Å². The van der Waals surface area contributed by atoms with Crippen molar-refractivity contribution in [2.75, 3.05) is 0 Å². The van der Waals surface area contributed by atoms with E-state index in [4.69, 9.17) is 0 Å². The third kappa shape index (κ3) is 4.11. The van der Waals surface area contributed by atoms with E-state index >= 15 is 0 Å². The van der Waals surface area contributed by atoms with Crippen LogP contribution >= 0.6 is 0 Å². The van der Waals surface area contributed by atoms with Crippen molar-refractivity contribution in [1.29, 1.82) is 0 Å². The molecule has 2 nitrogen and oxygen atoms in total. The Morgan fingerprint density at radius 3 is 2.28 bits per heavy atom.